The Labute approximate surface area is 240 Å². The van der Waals surface area contributed by atoms with Gasteiger partial charge in [0.2, 0.25) is 5.91 Å². The Kier molecular flexibility index (Phi) is 10.9. The number of carbonyl (C=O) groups excluding carboxylic acids is 2. The lowest BCUT2D eigenvalue weighted by atomic mass is 10.0. The summed E-state index contributed by atoms with van der Waals surface area (Å²) in [7, 11) is 0. The van der Waals surface area contributed by atoms with Gasteiger partial charge in [-0.05, 0) is 66.3 Å². The average molecular weight is 576 g/mol. The van der Waals surface area contributed by atoms with Crippen LogP contribution in [0.4, 0.5) is 0 Å². The second-order valence-electron chi connectivity index (χ2n) is 9.76. The van der Waals surface area contributed by atoms with Crippen LogP contribution in [0.3, 0.4) is 0 Å². The Morgan fingerprint density at radius 3 is 2.21 bits per heavy atom. The molecule has 0 bridgehead atoms. The van der Waals surface area contributed by atoms with Crippen LogP contribution in [-0.4, -0.2) is 35.9 Å². The minimum Gasteiger partial charge on any atom is -0.484 e. The monoisotopic (exact) mass is 574 g/mol. The second-order valence-corrected chi connectivity index (χ2v) is 11.0. The summed E-state index contributed by atoms with van der Waals surface area (Å²) in [5, 5.41) is 4.57. The highest BCUT2D eigenvalue weighted by atomic mass is 35.5. The number of amides is 2. The predicted octanol–water partition coefficient (Wildman–Crippen LogP) is 7.05. The molecule has 1 unspecified atom stereocenters. The molecule has 2 amide bonds. The lowest BCUT2D eigenvalue weighted by Crippen LogP contribution is -2.52. The molecule has 5 nitrogen and oxygen atoms in total. The zero-order chi connectivity index (χ0) is 27.8. The fourth-order valence-corrected chi connectivity index (χ4v) is 4.60. The predicted molar refractivity (Wildman–Crippen MR) is 155 cm³/mol. The number of nitrogens with zero attached hydrogens (tertiary/aromatic N) is 1. The molecular weight excluding hydrogens is 543 g/mol. The minimum absolute atomic E-state index is 0.115. The first-order valence-corrected chi connectivity index (χ1v) is 13.6. The molecule has 0 heterocycles. The molecule has 3 aromatic carbocycles. The molecule has 0 aliphatic heterocycles. The summed E-state index contributed by atoms with van der Waals surface area (Å²) < 4.78 is 5.90. The number of nitrogens with one attached hydrogen (secondary N) is 1. The van der Waals surface area contributed by atoms with Crippen molar-refractivity contribution in [2.45, 2.75) is 46.7 Å². The smallest absolute Gasteiger partial charge is 0.261 e. The van der Waals surface area contributed by atoms with E-state index in [1.165, 1.54) is 4.90 Å². The molecule has 0 radical (unpaired) electrons. The first kappa shape index (κ1) is 29.8. The molecule has 3 aromatic rings. The van der Waals surface area contributed by atoms with Crippen molar-refractivity contribution in [3.63, 3.8) is 0 Å². The van der Waals surface area contributed by atoms with E-state index >= 15 is 0 Å². The topological polar surface area (TPSA) is 58.6 Å². The number of hydrogen-bond donors (Lipinski definition) is 1. The van der Waals surface area contributed by atoms with Gasteiger partial charge in [-0.15, -0.1) is 0 Å². The largest absolute Gasteiger partial charge is 0.484 e. The third kappa shape index (κ3) is 8.39. The maximum Gasteiger partial charge on any atom is 0.261 e. The van der Waals surface area contributed by atoms with Crippen LogP contribution in [0.5, 0.6) is 5.75 Å². The molecule has 1 atom stereocenters. The Balaban J connectivity index is 1.94. The molecule has 0 saturated heterocycles. The standard InChI is InChI=1S/C30H33Cl3N2O3/c1-19(2)16-34-30(37)27(14-22-8-6-5-7-9-22)35(17-23-10-11-24(31)15-26(23)32)28(36)18-38-25-12-20(3)29(33)21(4)13-25/h5-13,15,19,27H,14,16-18H2,1-4H3,(H,34,37). The van der Waals surface area contributed by atoms with Gasteiger partial charge in [-0.25, -0.2) is 0 Å². The molecular formula is C30H33Cl3N2O3. The van der Waals surface area contributed by atoms with E-state index in [0.29, 0.717) is 39.3 Å². The molecule has 8 heteroatoms. The van der Waals surface area contributed by atoms with Crippen LogP contribution in [0, 0.1) is 19.8 Å². The highest BCUT2D eigenvalue weighted by Crippen LogP contribution is 2.27. The van der Waals surface area contributed by atoms with Crippen molar-refractivity contribution in [2.24, 2.45) is 5.92 Å². The molecule has 0 spiro atoms. The Bertz CT molecular complexity index is 1240. The maximum atomic E-state index is 13.7. The molecule has 3 rings (SSSR count). The van der Waals surface area contributed by atoms with Crippen LogP contribution >= 0.6 is 34.8 Å². The number of hydrogen-bond acceptors (Lipinski definition) is 3. The first-order valence-electron chi connectivity index (χ1n) is 12.5. The fraction of sp³-hybridized carbons (Fsp3) is 0.333. The van der Waals surface area contributed by atoms with Gasteiger partial charge in [0.25, 0.3) is 5.91 Å². The highest BCUT2D eigenvalue weighted by Gasteiger charge is 2.31. The normalized spacial score (nSPS) is 11.8. The van der Waals surface area contributed by atoms with Gasteiger partial charge in [0.1, 0.15) is 11.8 Å². The summed E-state index contributed by atoms with van der Waals surface area (Å²) in [5.41, 5.74) is 3.32. The Morgan fingerprint density at radius 2 is 1.61 bits per heavy atom. The van der Waals surface area contributed by atoms with Gasteiger partial charge >= 0.3 is 0 Å². The van der Waals surface area contributed by atoms with Crippen molar-refractivity contribution >= 4 is 46.6 Å². The van der Waals surface area contributed by atoms with Crippen LogP contribution in [0.25, 0.3) is 0 Å². The zero-order valence-corrected chi connectivity index (χ0v) is 24.3. The van der Waals surface area contributed by atoms with E-state index < -0.39 is 6.04 Å². The van der Waals surface area contributed by atoms with Crippen LogP contribution < -0.4 is 10.1 Å². The molecule has 0 aliphatic carbocycles. The Morgan fingerprint density at radius 1 is 0.947 bits per heavy atom. The summed E-state index contributed by atoms with van der Waals surface area (Å²) in [6, 6.07) is 17.5. The number of aryl methyl sites for hydroxylation is 2. The number of benzene rings is 3. The van der Waals surface area contributed by atoms with Gasteiger partial charge in [0.05, 0.1) is 0 Å². The number of carbonyl (C=O) groups is 2. The van der Waals surface area contributed by atoms with E-state index in [1.54, 1.807) is 30.3 Å². The van der Waals surface area contributed by atoms with E-state index in [-0.39, 0.29) is 30.9 Å². The third-order valence-corrected chi connectivity index (χ3v) is 7.27. The maximum absolute atomic E-state index is 13.7. The van der Waals surface area contributed by atoms with Crippen molar-refractivity contribution in [3.05, 3.63) is 98.0 Å². The van der Waals surface area contributed by atoms with Crippen molar-refractivity contribution in [2.75, 3.05) is 13.2 Å². The first-order chi connectivity index (χ1) is 18.0. The molecule has 0 aromatic heterocycles. The highest BCUT2D eigenvalue weighted by molar-refractivity contribution is 6.35. The van der Waals surface area contributed by atoms with Crippen molar-refractivity contribution in [3.8, 4) is 5.75 Å². The summed E-state index contributed by atoms with van der Waals surface area (Å²) >= 11 is 18.9. The lowest BCUT2D eigenvalue weighted by molar-refractivity contribution is -0.142. The SMILES string of the molecule is Cc1cc(OCC(=O)N(Cc2ccc(Cl)cc2Cl)C(Cc2ccccc2)C(=O)NCC(C)C)cc(C)c1Cl. The van der Waals surface area contributed by atoms with E-state index in [2.05, 4.69) is 5.32 Å². The van der Waals surface area contributed by atoms with Gasteiger partial charge in [-0.3, -0.25) is 9.59 Å². The molecule has 0 saturated carbocycles. The van der Waals surface area contributed by atoms with Gasteiger partial charge in [0.15, 0.2) is 6.61 Å². The quantitative estimate of drug-likeness (QED) is 0.266. The van der Waals surface area contributed by atoms with Crippen molar-refractivity contribution in [1.29, 1.82) is 0 Å². The Hall–Kier alpha value is -2.73. The van der Waals surface area contributed by atoms with Gasteiger partial charge in [-0.1, -0.05) is 85.0 Å². The fourth-order valence-electron chi connectivity index (χ4n) is 4.03. The zero-order valence-electron chi connectivity index (χ0n) is 22.1. The van der Waals surface area contributed by atoms with Crippen molar-refractivity contribution < 1.29 is 14.3 Å². The summed E-state index contributed by atoms with van der Waals surface area (Å²) in [6.45, 7) is 8.16. The minimum atomic E-state index is -0.785. The van der Waals surface area contributed by atoms with Crippen LogP contribution in [0.15, 0.2) is 60.7 Å². The lowest BCUT2D eigenvalue weighted by Gasteiger charge is -2.32. The third-order valence-electron chi connectivity index (χ3n) is 6.08. The van der Waals surface area contributed by atoms with Gasteiger partial charge < -0.3 is 15.0 Å². The van der Waals surface area contributed by atoms with Crippen molar-refractivity contribution in [1.82, 2.24) is 10.2 Å². The molecule has 38 heavy (non-hydrogen) atoms. The molecule has 202 valence electrons. The van der Waals surface area contributed by atoms with Crippen LogP contribution in [0.1, 0.15) is 36.1 Å². The van der Waals surface area contributed by atoms with E-state index in [1.807, 2.05) is 58.0 Å². The summed E-state index contributed by atoms with van der Waals surface area (Å²) in [6.07, 6.45) is 0.334. The van der Waals surface area contributed by atoms with E-state index in [9.17, 15) is 9.59 Å². The summed E-state index contributed by atoms with van der Waals surface area (Å²) in [4.78, 5) is 28.8. The van der Waals surface area contributed by atoms with Crippen LogP contribution in [0.2, 0.25) is 15.1 Å². The van der Waals surface area contributed by atoms with Gasteiger partial charge in [0, 0.05) is 34.6 Å². The number of ether oxygens (including phenoxy) is 1. The van der Waals surface area contributed by atoms with Gasteiger partial charge in [-0.2, -0.15) is 0 Å². The number of rotatable bonds is 11. The second kappa shape index (κ2) is 13.9. The van der Waals surface area contributed by atoms with Crippen LogP contribution in [-0.2, 0) is 22.6 Å². The van der Waals surface area contributed by atoms with E-state index in [4.69, 9.17) is 39.5 Å². The molecule has 0 aliphatic rings. The number of halogens is 3. The molecule has 0 fully saturated rings. The average Bonchev–Trinajstić information content (AvgIpc) is 2.88. The van der Waals surface area contributed by atoms with E-state index in [0.717, 1.165) is 16.7 Å². The molecule has 1 N–H and O–H groups in total. The summed E-state index contributed by atoms with van der Waals surface area (Å²) in [5.74, 6) is 0.207.